The SMILES string of the molecule is CCC1CCCCC1NC(C)c1ccc(Cl)cc1. The van der Waals surface area contributed by atoms with Crippen molar-refractivity contribution in [2.45, 2.75) is 58.0 Å². The van der Waals surface area contributed by atoms with Crippen molar-refractivity contribution in [3.63, 3.8) is 0 Å². The van der Waals surface area contributed by atoms with Crippen molar-refractivity contribution in [1.82, 2.24) is 5.32 Å². The Labute approximate surface area is 116 Å². The lowest BCUT2D eigenvalue weighted by Gasteiger charge is -2.34. The van der Waals surface area contributed by atoms with Gasteiger partial charge in [0.05, 0.1) is 0 Å². The van der Waals surface area contributed by atoms with Crippen LogP contribution in [0.3, 0.4) is 0 Å². The molecule has 1 N–H and O–H groups in total. The van der Waals surface area contributed by atoms with Gasteiger partial charge in [0.1, 0.15) is 0 Å². The summed E-state index contributed by atoms with van der Waals surface area (Å²) >= 11 is 5.93. The van der Waals surface area contributed by atoms with Gasteiger partial charge in [0.25, 0.3) is 0 Å². The van der Waals surface area contributed by atoms with Crippen molar-refractivity contribution in [3.8, 4) is 0 Å². The van der Waals surface area contributed by atoms with Gasteiger partial charge in [-0.15, -0.1) is 0 Å². The average Bonchev–Trinajstić information content (AvgIpc) is 2.40. The topological polar surface area (TPSA) is 12.0 Å². The van der Waals surface area contributed by atoms with Crippen molar-refractivity contribution in [2.75, 3.05) is 0 Å². The number of hydrogen-bond donors (Lipinski definition) is 1. The van der Waals surface area contributed by atoms with E-state index in [1.165, 1.54) is 37.7 Å². The van der Waals surface area contributed by atoms with Crippen LogP contribution in [0.4, 0.5) is 0 Å². The molecule has 0 amide bonds. The Kier molecular flexibility index (Phi) is 5.08. The lowest BCUT2D eigenvalue weighted by molar-refractivity contribution is 0.240. The Morgan fingerprint density at radius 2 is 1.89 bits per heavy atom. The molecule has 3 unspecified atom stereocenters. The molecule has 1 aromatic carbocycles. The molecule has 0 aliphatic heterocycles. The lowest BCUT2D eigenvalue weighted by Crippen LogP contribution is -2.39. The van der Waals surface area contributed by atoms with Gasteiger partial charge in [-0.25, -0.2) is 0 Å². The van der Waals surface area contributed by atoms with E-state index in [1.807, 2.05) is 12.1 Å². The highest BCUT2D eigenvalue weighted by atomic mass is 35.5. The maximum atomic E-state index is 5.93. The minimum atomic E-state index is 0.416. The zero-order chi connectivity index (χ0) is 13.0. The molecule has 100 valence electrons. The third-order valence-corrected chi connectivity index (χ3v) is 4.52. The van der Waals surface area contributed by atoms with Crippen LogP contribution in [0.25, 0.3) is 0 Å². The van der Waals surface area contributed by atoms with Crippen molar-refractivity contribution in [1.29, 1.82) is 0 Å². The number of rotatable bonds is 4. The highest BCUT2D eigenvalue weighted by molar-refractivity contribution is 6.30. The number of hydrogen-bond acceptors (Lipinski definition) is 1. The molecule has 2 heteroatoms. The minimum Gasteiger partial charge on any atom is -0.307 e. The van der Waals surface area contributed by atoms with Crippen LogP contribution in [0, 0.1) is 5.92 Å². The zero-order valence-electron chi connectivity index (χ0n) is 11.5. The first-order valence-corrected chi connectivity index (χ1v) is 7.60. The second-order valence-corrected chi connectivity index (χ2v) is 5.94. The molecular formula is C16H24ClN. The molecule has 0 spiro atoms. The smallest absolute Gasteiger partial charge is 0.0406 e. The first-order valence-electron chi connectivity index (χ1n) is 7.22. The second kappa shape index (κ2) is 6.58. The van der Waals surface area contributed by atoms with Gasteiger partial charge in [-0.1, -0.05) is 49.9 Å². The molecule has 18 heavy (non-hydrogen) atoms. The summed E-state index contributed by atoms with van der Waals surface area (Å²) < 4.78 is 0. The monoisotopic (exact) mass is 265 g/mol. The van der Waals surface area contributed by atoms with Gasteiger partial charge in [0, 0.05) is 17.1 Å². The molecular weight excluding hydrogens is 242 g/mol. The van der Waals surface area contributed by atoms with E-state index < -0.39 is 0 Å². The van der Waals surface area contributed by atoms with E-state index in [-0.39, 0.29) is 0 Å². The summed E-state index contributed by atoms with van der Waals surface area (Å²) in [6.45, 7) is 4.57. The van der Waals surface area contributed by atoms with E-state index in [9.17, 15) is 0 Å². The number of halogens is 1. The standard InChI is InChI=1S/C16H24ClN/c1-3-13-6-4-5-7-16(13)18-12(2)14-8-10-15(17)11-9-14/h8-13,16,18H,3-7H2,1-2H3. The Balaban J connectivity index is 1.97. The molecule has 1 nitrogen and oxygen atoms in total. The number of nitrogens with one attached hydrogen (secondary N) is 1. The van der Waals surface area contributed by atoms with Gasteiger partial charge in [-0.05, 0) is 43.4 Å². The summed E-state index contributed by atoms with van der Waals surface area (Å²) in [4.78, 5) is 0. The molecule has 1 saturated carbocycles. The van der Waals surface area contributed by atoms with E-state index >= 15 is 0 Å². The summed E-state index contributed by atoms with van der Waals surface area (Å²) in [5.74, 6) is 0.855. The molecule has 2 rings (SSSR count). The Hall–Kier alpha value is -0.530. The van der Waals surface area contributed by atoms with Crippen molar-refractivity contribution >= 4 is 11.6 Å². The van der Waals surface area contributed by atoms with E-state index in [2.05, 4.69) is 31.3 Å². The largest absolute Gasteiger partial charge is 0.307 e. The van der Waals surface area contributed by atoms with Crippen LogP contribution in [-0.2, 0) is 0 Å². The third-order valence-electron chi connectivity index (χ3n) is 4.27. The van der Waals surface area contributed by atoms with Crippen LogP contribution in [-0.4, -0.2) is 6.04 Å². The van der Waals surface area contributed by atoms with E-state index in [0.717, 1.165) is 10.9 Å². The molecule has 0 heterocycles. The normalized spacial score (nSPS) is 25.9. The van der Waals surface area contributed by atoms with Crippen LogP contribution in [0.1, 0.15) is 57.6 Å². The lowest BCUT2D eigenvalue weighted by atomic mass is 9.82. The Morgan fingerprint density at radius 3 is 2.56 bits per heavy atom. The van der Waals surface area contributed by atoms with Gasteiger partial charge in [-0.2, -0.15) is 0 Å². The summed E-state index contributed by atoms with van der Waals surface area (Å²) in [5.41, 5.74) is 1.33. The van der Waals surface area contributed by atoms with Crippen LogP contribution in [0.5, 0.6) is 0 Å². The quantitative estimate of drug-likeness (QED) is 0.811. The van der Waals surface area contributed by atoms with Gasteiger partial charge in [-0.3, -0.25) is 0 Å². The fourth-order valence-corrected chi connectivity index (χ4v) is 3.21. The minimum absolute atomic E-state index is 0.416. The fourth-order valence-electron chi connectivity index (χ4n) is 3.08. The summed E-state index contributed by atoms with van der Waals surface area (Å²) in [5, 5.41) is 4.63. The van der Waals surface area contributed by atoms with Crippen molar-refractivity contribution in [3.05, 3.63) is 34.9 Å². The predicted octanol–water partition coefficient (Wildman–Crippen LogP) is 4.96. The number of benzene rings is 1. The maximum absolute atomic E-state index is 5.93. The molecule has 1 aliphatic rings. The fraction of sp³-hybridized carbons (Fsp3) is 0.625. The molecule has 0 aromatic heterocycles. The molecule has 3 atom stereocenters. The highest BCUT2D eigenvalue weighted by Gasteiger charge is 2.24. The molecule has 0 saturated heterocycles. The first-order chi connectivity index (χ1) is 8.70. The summed E-state index contributed by atoms with van der Waals surface area (Å²) in [6.07, 6.45) is 6.80. The van der Waals surface area contributed by atoms with Crippen LogP contribution in [0.15, 0.2) is 24.3 Å². The van der Waals surface area contributed by atoms with Crippen LogP contribution >= 0.6 is 11.6 Å². The average molecular weight is 266 g/mol. The van der Waals surface area contributed by atoms with Gasteiger partial charge in [0.2, 0.25) is 0 Å². The Bertz CT molecular complexity index is 360. The van der Waals surface area contributed by atoms with Crippen molar-refractivity contribution in [2.24, 2.45) is 5.92 Å². The van der Waals surface area contributed by atoms with E-state index in [4.69, 9.17) is 11.6 Å². The molecule has 1 aromatic rings. The molecule has 0 radical (unpaired) electrons. The highest BCUT2D eigenvalue weighted by Crippen LogP contribution is 2.29. The molecule has 1 fully saturated rings. The van der Waals surface area contributed by atoms with Gasteiger partial charge in [0.15, 0.2) is 0 Å². The maximum Gasteiger partial charge on any atom is 0.0406 e. The molecule has 0 bridgehead atoms. The van der Waals surface area contributed by atoms with Crippen LogP contribution < -0.4 is 5.32 Å². The Morgan fingerprint density at radius 1 is 1.22 bits per heavy atom. The summed E-state index contributed by atoms with van der Waals surface area (Å²) in [7, 11) is 0. The predicted molar refractivity (Wildman–Crippen MR) is 79.0 cm³/mol. The van der Waals surface area contributed by atoms with Gasteiger partial charge >= 0.3 is 0 Å². The van der Waals surface area contributed by atoms with Crippen LogP contribution in [0.2, 0.25) is 5.02 Å². The van der Waals surface area contributed by atoms with Crippen molar-refractivity contribution < 1.29 is 0 Å². The first kappa shape index (κ1) is 13.9. The third kappa shape index (κ3) is 3.49. The zero-order valence-corrected chi connectivity index (χ0v) is 12.2. The second-order valence-electron chi connectivity index (χ2n) is 5.50. The molecule has 1 aliphatic carbocycles. The van der Waals surface area contributed by atoms with E-state index in [1.54, 1.807) is 0 Å². The summed E-state index contributed by atoms with van der Waals surface area (Å²) in [6, 6.07) is 9.32. The van der Waals surface area contributed by atoms with E-state index in [0.29, 0.717) is 12.1 Å². The van der Waals surface area contributed by atoms with Gasteiger partial charge < -0.3 is 5.32 Å².